The Morgan fingerprint density at radius 2 is 2.17 bits per heavy atom. The topological polar surface area (TPSA) is 35.2 Å². The molecule has 1 aromatic rings. The largest absolute Gasteiger partial charge is 0.383 e. The first-order valence-corrected chi connectivity index (χ1v) is 4.82. The number of halogens is 1. The van der Waals surface area contributed by atoms with Gasteiger partial charge in [0.05, 0.1) is 12.6 Å². The SMILES string of the molecule is COC[C@@H](N)c1ccccc1I. The molecule has 0 unspecified atom stereocenters. The molecule has 2 N–H and O–H groups in total. The Morgan fingerprint density at radius 3 is 2.75 bits per heavy atom. The summed E-state index contributed by atoms with van der Waals surface area (Å²) in [6, 6.07) is 8.07. The average Bonchev–Trinajstić information content (AvgIpc) is 2.05. The first-order valence-electron chi connectivity index (χ1n) is 3.74. The van der Waals surface area contributed by atoms with E-state index in [1.54, 1.807) is 7.11 Å². The molecule has 0 bridgehead atoms. The molecule has 0 amide bonds. The first-order chi connectivity index (χ1) is 5.75. The van der Waals surface area contributed by atoms with Crippen LogP contribution in [0.4, 0.5) is 0 Å². The van der Waals surface area contributed by atoms with Gasteiger partial charge in [-0.25, -0.2) is 0 Å². The molecule has 0 spiro atoms. The summed E-state index contributed by atoms with van der Waals surface area (Å²) < 4.78 is 6.18. The van der Waals surface area contributed by atoms with Crippen LogP contribution in [0, 0.1) is 3.57 Å². The van der Waals surface area contributed by atoms with Gasteiger partial charge in [-0.15, -0.1) is 0 Å². The summed E-state index contributed by atoms with van der Waals surface area (Å²) in [5.41, 5.74) is 7.03. The third kappa shape index (κ3) is 2.43. The van der Waals surface area contributed by atoms with Gasteiger partial charge in [0.2, 0.25) is 0 Å². The maximum absolute atomic E-state index is 5.88. The number of benzene rings is 1. The third-order valence-corrected chi connectivity index (χ3v) is 2.63. The molecular formula is C9H12INO. The maximum atomic E-state index is 5.88. The van der Waals surface area contributed by atoms with Crippen LogP contribution in [0.15, 0.2) is 24.3 Å². The lowest BCUT2D eigenvalue weighted by Gasteiger charge is -2.11. The Bertz CT molecular complexity index is 252. The lowest BCUT2D eigenvalue weighted by atomic mass is 10.1. The quantitative estimate of drug-likeness (QED) is 0.857. The maximum Gasteiger partial charge on any atom is 0.0655 e. The van der Waals surface area contributed by atoms with Crippen LogP contribution >= 0.6 is 22.6 Å². The van der Waals surface area contributed by atoms with E-state index in [0.29, 0.717) is 6.61 Å². The molecule has 2 nitrogen and oxygen atoms in total. The molecule has 1 rings (SSSR count). The zero-order valence-corrected chi connectivity index (χ0v) is 9.11. The number of nitrogens with two attached hydrogens (primary N) is 1. The molecule has 0 saturated heterocycles. The van der Waals surface area contributed by atoms with Crippen molar-refractivity contribution < 1.29 is 4.74 Å². The van der Waals surface area contributed by atoms with Crippen molar-refractivity contribution in [1.29, 1.82) is 0 Å². The summed E-state index contributed by atoms with van der Waals surface area (Å²) in [7, 11) is 1.66. The monoisotopic (exact) mass is 277 g/mol. The Labute approximate surface area is 86.2 Å². The molecule has 0 aromatic heterocycles. The first kappa shape index (κ1) is 9.95. The molecule has 0 aliphatic heterocycles. The van der Waals surface area contributed by atoms with E-state index in [-0.39, 0.29) is 6.04 Å². The highest BCUT2D eigenvalue weighted by Gasteiger charge is 2.07. The molecule has 0 fully saturated rings. The molecule has 0 aliphatic rings. The summed E-state index contributed by atoms with van der Waals surface area (Å²) >= 11 is 2.28. The van der Waals surface area contributed by atoms with Crippen LogP contribution in [0.1, 0.15) is 11.6 Å². The Hall–Kier alpha value is -0.130. The van der Waals surface area contributed by atoms with Crippen LogP contribution in [0.3, 0.4) is 0 Å². The van der Waals surface area contributed by atoms with E-state index in [2.05, 4.69) is 22.6 Å². The van der Waals surface area contributed by atoms with Gasteiger partial charge < -0.3 is 10.5 Å². The number of hydrogen-bond donors (Lipinski definition) is 1. The van der Waals surface area contributed by atoms with Crippen molar-refractivity contribution in [3.63, 3.8) is 0 Å². The normalized spacial score (nSPS) is 12.9. The van der Waals surface area contributed by atoms with Gasteiger partial charge in [0.1, 0.15) is 0 Å². The van der Waals surface area contributed by atoms with Crippen molar-refractivity contribution in [3.8, 4) is 0 Å². The molecule has 0 saturated carbocycles. The van der Waals surface area contributed by atoms with Crippen molar-refractivity contribution in [1.82, 2.24) is 0 Å². The molecule has 1 atom stereocenters. The van der Waals surface area contributed by atoms with Crippen LogP contribution in [-0.4, -0.2) is 13.7 Å². The fourth-order valence-electron chi connectivity index (χ4n) is 1.05. The summed E-state index contributed by atoms with van der Waals surface area (Å²) in [5.74, 6) is 0. The predicted octanol–water partition coefficient (Wildman–Crippen LogP) is 1.94. The predicted molar refractivity (Wildman–Crippen MR) is 58.0 cm³/mol. The van der Waals surface area contributed by atoms with Crippen LogP contribution < -0.4 is 5.73 Å². The van der Waals surface area contributed by atoms with E-state index in [1.165, 1.54) is 3.57 Å². The summed E-state index contributed by atoms with van der Waals surface area (Å²) in [6.45, 7) is 0.569. The Balaban J connectivity index is 2.79. The second-order valence-corrected chi connectivity index (χ2v) is 3.75. The Morgan fingerprint density at radius 1 is 1.50 bits per heavy atom. The van der Waals surface area contributed by atoms with Crippen LogP contribution in [0.2, 0.25) is 0 Å². The van der Waals surface area contributed by atoms with Crippen molar-refractivity contribution in [2.45, 2.75) is 6.04 Å². The molecular weight excluding hydrogens is 265 g/mol. The number of rotatable bonds is 3. The average molecular weight is 277 g/mol. The third-order valence-electron chi connectivity index (χ3n) is 1.65. The minimum absolute atomic E-state index is 0.0110. The van der Waals surface area contributed by atoms with Crippen molar-refractivity contribution in [2.24, 2.45) is 5.73 Å². The van der Waals surface area contributed by atoms with Gasteiger partial charge in [0.15, 0.2) is 0 Å². The Kier molecular flexibility index (Phi) is 3.97. The van der Waals surface area contributed by atoms with Gasteiger partial charge >= 0.3 is 0 Å². The van der Waals surface area contributed by atoms with E-state index in [9.17, 15) is 0 Å². The van der Waals surface area contributed by atoms with Gasteiger partial charge in [-0.05, 0) is 34.2 Å². The smallest absolute Gasteiger partial charge is 0.0655 e. The highest BCUT2D eigenvalue weighted by Crippen LogP contribution is 2.17. The second kappa shape index (κ2) is 4.79. The van der Waals surface area contributed by atoms with Gasteiger partial charge in [-0.2, -0.15) is 0 Å². The molecule has 12 heavy (non-hydrogen) atoms. The van der Waals surface area contributed by atoms with Crippen molar-refractivity contribution >= 4 is 22.6 Å². The lowest BCUT2D eigenvalue weighted by molar-refractivity contribution is 0.180. The van der Waals surface area contributed by atoms with Gasteiger partial charge in [-0.1, -0.05) is 18.2 Å². The number of hydrogen-bond acceptors (Lipinski definition) is 2. The fraction of sp³-hybridized carbons (Fsp3) is 0.333. The molecule has 0 aliphatic carbocycles. The molecule has 1 aromatic carbocycles. The summed E-state index contributed by atoms with van der Waals surface area (Å²) in [4.78, 5) is 0. The zero-order valence-electron chi connectivity index (χ0n) is 6.96. The van der Waals surface area contributed by atoms with E-state index < -0.39 is 0 Å². The fourth-order valence-corrected chi connectivity index (χ4v) is 1.83. The zero-order chi connectivity index (χ0) is 8.97. The summed E-state index contributed by atoms with van der Waals surface area (Å²) in [6.07, 6.45) is 0. The minimum Gasteiger partial charge on any atom is -0.383 e. The van der Waals surface area contributed by atoms with Gasteiger partial charge in [0, 0.05) is 10.7 Å². The lowest BCUT2D eigenvalue weighted by Crippen LogP contribution is -2.17. The van der Waals surface area contributed by atoms with Gasteiger partial charge in [-0.3, -0.25) is 0 Å². The van der Waals surface area contributed by atoms with E-state index in [0.717, 1.165) is 5.56 Å². The highest BCUT2D eigenvalue weighted by atomic mass is 127. The molecule has 0 heterocycles. The molecule has 0 radical (unpaired) electrons. The van der Waals surface area contributed by atoms with Crippen LogP contribution in [-0.2, 0) is 4.74 Å². The van der Waals surface area contributed by atoms with Crippen molar-refractivity contribution in [3.05, 3.63) is 33.4 Å². The highest BCUT2D eigenvalue weighted by molar-refractivity contribution is 14.1. The molecule has 66 valence electrons. The number of ether oxygens (including phenoxy) is 1. The summed E-state index contributed by atoms with van der Waals surface area (Å²) in [5, 5.41) is 0. The van der Waals surface area contributed by atoms with E-state index >= 15 is 0 Å². The second-order valence-electron chi connectivity index (χ2n) is 2.58. The van der Waals surface area contributed by atoms with E-state index in [4.69, 9.17) is 10.5 Å². The standard InChI is InChI=1S/C9H12INO/c1-12-6-9(11)7-4-2-3-5-8(7)10/h2-5,9H,6,11H2,1H3/t9-/m1/s1. The number of methoxy groups -OCH3 is 1. The van der Waals surface area contributed by atoms with Crippen LogP contribution in [0.5, 0.6) is 0 Å². The van der Waals surface area contributed by atoms with E-state index in [1.807, 2.05) is 24.3 Å². The van der Waals surface area contributed by atoms with Crippen molar-refractivity contribution in [2.75, 3.05) is 13.7 Å². The molecule has 3 heteroatoms. The van der Waals surface area contributed by atoms with Gasteiger partial charge in [0.25, 0.3) is 0 Å². The minimum atomic E-state index is -0.0110. The van der Waals surface area contributed by atoms with Crippen LogP contribution in [0.25, 0.3) is 0 Å².